The van der Waals surface area contributed by atoms with E-state index in [4.69, 9.17) is 0 Å². The Hall–Kier alpha value is -3.00. The Balaban J connectivity index is 1.56. The Kier molecular flexibility index (Phi) is 5.42. The van der Waals surface area contributed by atoms with Gasteiger partial charge < -0.3 is 4.90 Å². The Morgan fingerprint density at radius 3 is 2.53 bits per heavy atom. The molecule has 8 heteroatoms. The topological polar surface area (TPSA) is 72.3 Å². The summed E-state index contributed by atoms with van der Waals surface area (Å²) in [4.78, 5) is 15.1. The van der Waals surface area contributed by atoms with Gasteiger partial charge in [-0.2, -0.15) is 5.10 Å². The van der Waals surface area contributed by atoms with Crippen LogP contribution in [0.15, 0.2) is 65.6 Å². The fourth-order valence-corrected chi connectivity index (χ4v) is 5.45. The number of hydrogen-bond donors (Lipinski definition) is 0. The van der Waals surface area contributed by atoms with Gasteiger partial charge in [-0.15, -0.1) is 0 Å². The Morgan fingerprint density at radius 1 is 1.13 bits per heavy atom. The van der Waals surface area contributed by atoms with Crippen molar-refractivity contribution < 1.29 is 17.6 Å². The van der Waals surface area contributed by atoms with E-state index < -0.39 is 9.84 Å². The molecule has 1 saturated heterocycles. The first-order valence-corrected chi connectivity index (χ1v) is 11.4. The zero-order valence-electron chi connectivity index (χ0n) is 16.5. The summed E-state index contributed by atoms with van der Waals surface area (Å²) in [7, 11) is -1.82. The average Bonchev–Trinajstić information content (AvgIpc) is 3.35. The number of amides is 1. The predicted octanol–water partition coefficient (Wildman–Crippen LogP) is 3.30. The molecule has 0 bridgehead atoms. The molecule has 0 saturated carbocycles. The highest BCUT2D eigenvalue weighted by atomic mass is 32.2. The molecule has 1 fully saturated rings. The van der Waals surface area contributed by atoms with Crippen molar-refractivity contribution in [1.82, 2.24) is 14.7 Å². The van der Waals surface area contributed by atoms with Crippen molar-refractivity contribution >= 4 is 15.7 Å². The van der Waals surface area contributed by atoms with E-state index in [-0.39, 0.29) is 28.4 Å². The maximum Gasteiger partial charge on any atom is 0.272 e. The van der Waals surface area contributed by atoms with Gasteiger partial charge in [0.2, 0.25) is 0 Å². The normalized spacial score (nSPS) is 16.7. The second-order valence-electron chi connectivity index (χ2n) is 7.43. The zero-order chi connectivity index (χ0) is 21.3. The van der Waals surface area contributed by atoms with Gasteiger partial charge in [-0.3, -0.25) is 9.48 Å². The molecule has 2 heterocycles. The summed E-state index contributed by atoms with van der Waals surface area (Å²) in [5.74, 6) is -0.694. The van der Waals surface area contributed by atoms with Gasteiger partial charge in [0.25, 0.3) is 5.91 Å². The van der Waals surface area contributed by atoms with E-state index in [0.717, 1.165) is 6.42 Å². The molecule has 0 spiro atoms. The summed E-state index contributed by atoms with van der Waals surface area (Å²) >= 11 is 0. The number of aryl methyl sites for hydroxylation is 1. The number of likely N-dealkylation sites (tertiary alicyclic amines) is 1. The first kappa shape index (κ1) is 20.3. The molecule has 3 aromatic rings. The molecule has 6 nitrogen and oxygen atoms in total. The van der Waals surface area contributed by atoms with Gasteiger partial charge >= 0.3 is 0 Å². The molecule has 156 valence electrons. The third kappa shape index (κ3) is 4.00. The van der Waals surface area contributed by atoms with E-state index in [1.807, 2.05) is 0 Å². The van der Waals surface area contributed by atoms with Crippen LogP contribution < -0.4 is 0 Å². The number of aromatic nitrogens is 2. The monoisotopic (exact) mass is 427 g/mol. The SMILES string of the molecule is Cn1nc(-c2ccc(F)cc2)cc1C(=O)N1CCC[C@@H]1CS(=O)(=O)c1ccccc1. The molecule has 1 amide bonds. The number of benzene rings is 2. The number of hydrogen-bond acceptors (Lipinski definition) is 4. The Labute approximate surface area is 174 Å². The summed E-state index contributed by atoms with van der Waals surface area (Å²) in [5, 5.41) is 4.38. The van der Waals surface area contributed by atoms with Crippen molar-refractivity contribution in [2.24, 2.45) is 7.05 Å². The molecule has 1 aromatic heterocycles. The second kappa shape index (κ2) is 8.02. The van der Waals surface area contributed by atoms with Gasteiger partial charge in [0, 0.05) is 25.2 Å². The smallest absolute Gasteiger partial charge is 0.272 e. The zero-order valence-corrected chi connectivity index (χ0v) is 17.3. The summed E-state index contributed by atoms with van der Waals surface area (Å²) in [6, 6.07) is 15.5. The minimum atomic E-state index is -3.50. The van der Waals surface area contributed by atoms with Crippen molar-refractivity contribution in [3.05, 3.63) is 72.2 Å². The second-order valence-corrected chi connectivity index (χ2v) is 9.47. The van der Waals surface area contributed by atoms with E-state index in [2.05, 4.69) is 5.10 Å². The Bertz CT molecular complexity index is 1160. The van der Waals surface area contributed by atoms with Gasteiger partial charge in [-0.25, -0.2) is 12.8 Å². The fourth-order valence-electron chi connectivity index (χ4n) is 3.83. The average molecular weight is 428 g/mol. The van der Waals surface area contributed by atoms with Crippen LogP contribution in [0, 0.1) is 5.82 Å². The van der Waals surface area contributed by atoms with Gasteiger partial charge in [0.1, 0.15) is 11.5 Å². The van der Waals surface area contributed by atoms with E-state index in [1.165, 1.54) is 16.8 Å². The predicted molar refractivity (Wildman–Crippen MR) is 111 cm³/mol. The first-order chi connectivity index (χ1) is 14.3. The van der Waals surface area contributed by atoms with Crippen LogP contribution in [0.1, 0.15) is 23.3 Å². The first-order valence-electron chi connectivity index (χ1n) is 9.74. The molecule has 0 aliphatic carbocycles. The van der Waals surface area contributed by atoms with Crippen LogP contribution in [0.4, 0.5) is 4.39 Å². The summed E-state index contributed by atoms with van der Waals surface area (Å²) in [6.07, 6.45) is 1.39. The number of carbonyl (C=O) groups excluding carboxylic acids is 1. The van der Waals surface area contributed by atoms with Gasteiger partial charge in [-0.1, -0.05) is 18.2 Å². The summed E-state index contributed by atoms with van der Waals surface area (Å²) in [6.45, 7) is 0.505. The highest BCUT2D eigenvalue weighted by Crippen LogP contribution is 2.26. The van der Waals surface area contributed by atoms with Crippen LogP contribution in [0.2, 0.25) is 0 Å². The molecule has 0 N–H and O–H groups in total. The molecule has 4 rings (SSSR count). The van der Waals surface area contributed by atoms with E-state index in [9.17, 15) is 17.6 Å². The molecule has 2 aromatic carbocycles. The number of halogens is 1. The van der Waals surface area contributed by atoms with Crippen molar-refractivity contribution in [2.75, 3.05) is 12.3 Å². The van der Waals surface area contributed by atoms with Crippen molar-refractivity contribution in [2.45, 2.75) is 23.8 Å². The number of nitrogens with zero attached hydrogens (tertiary/aromatic N) is 3. The van der Waals surface area contributed by atoms with E-state index in [1.54, 1.807) is 60.5 Å². The molecule has 0 radical (unpaired) electrons. The third-order valence-corrected chi connectivity index (χ3v) is 7.21. The van der Waals surface area contributed by atoms with Crippen LogP contribution in [0.25, 0.3) is 11.3 Å². The quantitative estimate of drug-likeness (QED) is 0.626. The fraction of sp³-hybridized carbons (Fsp3) is 0.273. The summed E-state index contributed by atoms with van der Waals surface area (Å²) in [5.41, 5.74) is 1.64. The van der Waals surface area contributed by atoms with Crippen molar-refractivity contribution in [3.8, 4) is 11.3 Å². The molecule has 1 aliphatic heterocycles. The number of rotatable bonds is 5. The van der Waals surface area contributed by atoms with Crippen LogP contribution >= 0.6 is 0 Å². The van der Waals surface area contributed by atoms with Gasteiger partial charge in [0.05, 0.1) is 16.3 Å². The van der Waals surface area contributed by atoms with Crippen molar-refractivity contribution in [1.29, 1.82) is 0 Å². The van der Waals surface area contributed by atoms with Crippen LogP contribution in [0.3, 0.4) is 0 Å². The Morgan fingerprint density at radius 2 is 1.83 bits per heavy atom. The minimum Gasteiger partial charge on any atom is -0.333 e. The molecular weight excluding hydrogens is 405 g/mol. The number of sulfone groups is 1. The highest BCUT2D eigenvalue weighted by Gasteiger charge is 2.34. The molecule has 30 heavy (non-hydrogen) atoms. The molecule has 1 atom stereocenters. The lowest BCUT2D eigenvalue weighted by Crippen LogP contribution is -2.40. The third-order valence-electron chi connectivity index (χ3n) is 5.39. The van der Waals surface area contributed by atoms with Gasteiger partial charge in [0.15, 0.2) is 9.84 Å². The number of carbonyl (C=O) groups is 1. The maximum atomic E-state index is 13.2. The summed E-state index contributed by atoms with van der Waals surface area (Å²) < 4.78 is 40.3. The minimum absolute atomic E-state index is 0.106. The van der Waals surface area contributed by atoms with Crippen LogP contribution in [0.5, 0.6) is 0 Å². The lowest BCUT2D eigenvalue weighted by molar-refractivity contribution is 0.0738. The van der Waals surface area contributed by atoms with E-state index in [0.29, 0.717) is 29.9 Å². The largest absolute Gasteiger partial charge is 0.333 e. The van der Waals surface area contributed by atoms with Crippen LogP contribution in [-0.2, 0) is 16.9 Å². The van der Waals surface area contributed by atoms with E-state index >= 15 is 0 Å². The maximum absolute atomic E-state index is 13.2. The lowest BCUT2D eigenvalue weighted by atomic mass is 10.1. The van der Waals surface area contributed by atoms with Crippen molar-refractivity contribution in [3.63, 3.8) is 0 Å². The molecule has 0 unspecified atom stereocenters. The standard InChI is InChI=1S/C22H22FN3O3S/c1-25-21(14-20(24-25)16-9-11-17(23)12-10-16)22(27)26-13-5-6-18(26)15-30(28,29)19-7-3-2-4-8-19/h2-4,7-12,14,18H,5-6,13,15H2,1H3/t18-/m1/s1. The highest BCUT2D eigenvalue weighted by molar-refractivity contribution is 7.91. The lowest BCUT2D eigenvalue weighted by Gasteiger charge is -2.24. The van der Waals surface area contributed by atoms with Crippen LogP contribution in [-0.4, -0.2) is 47.3 Å². The van der Waals surface area contributed by atoms with Gasteiger partial charge in [-0.05, 0) is 55.3 Å². The molecule has 1 aliphatic rings. The molecular formula is C22H22FN3O3S.